The third kappa shape index (κ3) is 5.94. The molecule has 0 aliphatic heterocycles. The number of aryl methyl sites for hydroxylation is 1. The maximum absolute atomic E-state index is 11.9. The zero-order valence-corrected chi connectivity index (χ0v) is 15.6. The van der Waals surface area contributed by atoms with Gasteiger partial charge in [-0.05, 0) is 48.4 Å². The van der Waals surface area contributed by atoms with E-state index in [9.17, 15) is 4.79 Å². The van der Waals surface area contributed by atoms with Crippen LogP contribution in [0.5, 0.6) is 0 Å². The number of hydrogen-bond acceptors (Lipinski definition) is 6. The largest absolute Gasteiger partial charge is 0.367 e. The Bertz CT molecular complexity index is 867. The van der Waals surface area contributed by atoms with Crippen molar-refractivity contribution in [2.75, 3.05) is 29.0 Å². The quantitative estimate of drug-likeness (QED) is 0.449. The van der Waals surface area contributed by atoms with Gasteiger partial charge in [0.2, 0.25) is 0 Å². The van der Waals surface area contributed by atoms with Crippen LogP contribution in [0.4, 0.5) is 27.8 Å². The zero-order valence-electron chi connectivity index (χ0n) is 15.6. The van der Waals surface area contributed by atoms with E-state index in [1.54, 1.807) is 12.4 Å². The zero-order chi connectivity index (χ0) is 19.6. The number of pyridine rings is 1. The Labute approximate surface area is 163 Å². The molecule has 0 radical (unpaired) electrons. The number of aromatic nitrogens is 3. The first-order valence-corrected chi connectivity index (χ1v) is 9.11. The van der Waals surface area contributed by atoms with Gasteiger partial charge in [0.1, 0.15) is 5.82 Å². The van der Waals surface area contributed by atoms with Crippen LogP contribution in [0.2, 0.25) is 0 Å². The van der Waals surface area contributed by atoms with Gasteiger partial charge in [-0.3, -0.25) is 4.98 Å². The second-order valence-corrected chi connectivity index (χ2v) is 6.02. The SMILES string of the molecule is CCc1ccc(NC(=O)NCCNc2ccc(Nc3ccncc3)nn2)cc1. The van der Waals surface area contributed by atoms with E-state index >= 15 is 0 Å². The van der Waals surface area contributed by atoms with Gasteiger partial charge in [-0.2, -0.15) is 0 Å². The van der Waals surface area contributed by atoms with Gasteiger partial charge in [-0.15, -0.1) is 10.2 Å². The predicted molar refractivity (Wildman–Crippen MR) is 111 cm³/mol. The Hall–Kier alpha value is -3.68. The summed E-state index contributed by atoms with van der Waals surface area (Å²) < 4.78 is 0. The molecule has 4 N–H and O–H groups in total. The Kier molecular flexibility index (Phi) is 6.73. The molecule has 144 valence electrons. The van der Waals surface area contributed by atoms with Gasteiger partial charge in [0.15, 0.2) is 5.82 Å². The maximum atomic E-state index is 11.9. The summed E-state index contributed by atoms with van der Waals surface area (Å²) in [6.45, 7) is 3.09. The average molecular weight is 377 g/mol. The van der Waals surface area contributed by atoms with Crippen LogP contribution >= 0.6 is 0 Å². The molecule has 2 heterocycles. The molecule has 0 unspecified atom stereocenters. The molecular weight excluding hydrogens is 354 g/mol. The van der Waals surface area contributed by atoms with Crippen molar-refractivity contribution in [1.82, 2.24) is 20.5 Å². The average Bonchev–Trinajstić information content (AvgIpc) is 2.74. The van der Waals surface area contributed by atoms with Gasteiger partial charge in [0.25, 0.3) is 0 Å². The fourth-order valence-electron chi connectivity index (χ4n) is 2.44. The van der Waals surface area contributed by atoms with Crippen LogP contribution in [0.3, 0.4) is 0 Å². The second kappa shape index (κ2) is 9.86. The number of urea groups is 1. The van der Waals surface area contributed by atoms with E-state index in [0.29, 0.717) is 24.7 Å². The van der Waals surface area contributed by atoms with Crippen LogP contribution in [0.1, 0.15) is 12.5 Å². The van der Waals surface area contributed by atoms with Crippen LogP contribution < -0.4 is 21.3 Å². The molecule has 2 amide bonds. The normalized spacial score (nSPS) is 10.2. The number of carbonyl (C=O) groups is 1. The summed E-state index contributed by atoms with van der Waals surface area (Å²) in [6, 6.07) is 14.9. The molecule has 3 aromatic rings. The van der Waals surface area contributed by atoms with E-state index in [1.807, 2.05) is 48.5 Å². The van der Waals surface area contributed by atoms with Crippen molar-refractivity contribution in [3.05, 3.63) is 66.5 Å². The van der Waals surface area contributed by atoms with E-state index in [-0.39, 0.29) is 6.03 Å². The molecule has 3 rings (SSSR count). The third-order valence-corrected chi connectivity index (χ3v) is 3.95. The van der Waals surface area contributed by atoms with E-state index in [2.05, 4.69) is 43.4 Å². The van der Waals surface area contributed by atoms with Crippen LogP contribution in [-0.4, -0.2) is 34.3 Å². The number of nitrogens with zero attached hydrogens (tertiary/aromatic N) is 3. The minimum atomic E-state index is -0.242. The van der Waals surface area contributed by atoms with Gasteiger partial charge in [-0.1, -0.05) is 19.1 Å². The lowest BCUT2D eigenvalue weighted by molar-refractivity contribution is 0.252. The molecule has 0 atom stereocenters. The first-order valence-electron chi connectivity index (χ1n) is 9.11. The number of amides is 2. The number of nitrogens with one attached hydrogen (secondary N) is 4. The molecule has 0 saturated carbocycles. The lowest BCUT2D eigenvalue weighted by Crippen LogP contribution is -2.32. The Balaban J connectivity index is 1.37. The highest BCUT2D eigenvalue weighted by Gasteiger charge is 2.02. The highest BCUT2D eigenvalue weighted by Crippen LogP contribution is 2.13. The Morgan fingerprint density at radius 3 is 2.25 bits per heavy atom. The molecule has 8 nitrogen and oxygen atoms in total. The number of benzene rings is 1. The first kappa shape index (κ1) is 19.1. The van der Waals surface area contributed by atoms with Gasteiger partial charge in [0, 0.05) is 36.9 Å². The van der Waals surface area contributed by atoms with Crippen molar-refractivity contribution in [2.45, 2.75) is 13.3 Å². The Morgan fingerprint density at radius 2 is 1.57 bits per heavy atom. The number of hydrogen-bond donors (Lipinski definition) is 4. The maximum Gasteiger partial charge on any atom is 0.319 e. The monoisotopic (exact) mass is 377 g/mol. The van der Waals surface area contributed by atoms with E-state index in [1.165, 1.54) is 5.56 Å². The van der Waals surface area contributed by atoms with Gasteiger partial charge < -0.3 is 21.3 Å². The number of rotatable bonds is 8. The molecule has 1 aromatic carbocycles. The molecule has 2 aromatic heterocycles. The van der Waals surface area contributed by atoms with Gasteiger partial charge in [-0.25, -0.2) is 4.79 Å². The summed E-state index contributed by atoms with van der Waals surface area (Å²) in [4.78, 5) is 15.9. The number of anilines is 4. The topological polar surface area (TPSA) is 104 Å². The van der Waals surface area contributed by atoms with Crippen molar-refractivity contribution >= 4 is 29.0 Å². The second-order valence-electron chi connectivity index (χ2n) is 6.02. The van der Waals surface area contributed by atoms with Gasteiger partial charge >= 0.3 is 6.03 Å². The molecule has 0 aliphatic rings. The first-order chi connectivity index (χ1) is 13.7. The Morgan fingerprint density at radius 1 is 0.857 bits per heavy atom. The molecule has 0 fully saturated rings. The summed E-state index contributed by atoms with van der Waals surface area (Å²) in [5.41, 5.74) is 2.90. The lowest BCUT2D eigenvalue weighted by Gasteiger charge is -2.09. The van der Waals surface area contributed by atoms with Crippen LogP contribution in [-0.2, 0) is 6.42 Å². The minimum Gasteiger partial charge on any atom is -0.367 e. The predicted octanol–water partition coefficient (Wildman–Crippen LogP) is 3.41. The van der Waals surface area contributed by atoms with Crippen molar-refractivity contribution in [3.63, 3.8) is 0 Å². The molecule has 0 bridgehead atoms. The van der Waals surface area contributed by atoms with Crippen LogP contribution in [0.15, 0.2) is 60.9 Å². The summed E-state index contributed by atoms with van der Waals surface area (Å²) >= 11 is 0. The van der Waals surface area contributed by atoms with Gasteiger partial charge in [0.05, 0.1) is 0 Å². The van der Waals surface area contributed by atoms with Crippen molar-refractivity contribution < 1.29 is 4.79 Å². The molecule has 0 spiro atoms. The number of carbonyl (C=O) groups excluding carboxylic acids is 1. The summed E-state index contributed by atoms with van der Waals surface area (Å²) in [7, 11) is 0. The summed E-state index contributed by atoms with van der Waals surface area (Å²) in [5.74, 6) is 1.28. The van der Waals surface area contributed by atoms with Crippen LogP contribution in [0.25, 0.3) is 0 Å². The van der Waals surface area contributed by atoms with Crippen molar-refractivity contribution in [3.8, 4) is 0 Å². The highest BCUT2D eigenvalue weighted by molar-refractivity contribution is 5.89. The van der Waals surface area contributed by atoms with E-state index < -0.39 is 0 Å². The van der Waals surface area contributed by atoms with E-state index in [0.717, 1.165) is 17.8 Å². The van der Waals surface area contributed by atoms with Crippen molar-refractivity contribution in [2.24, 2.45) is 0 Å². The molecule has 8 heteroatoms. The third-order valence-electron chi connectivity index (χ3n) is 3.95. The standard InChI is InChI=1S/C20H23N7O/c1-2-15-3-5-16(6-4-15)25-20(28)23-14-13-22-18-7-8-19(27-26-18)24-17-9-11-21-12-10-17/h3-12H,2,13-14H2,1H3,(H,22,26)(H,21,24,27)(H2,23,25,28). The molecule has 0 aliphatic carbocycles. The molecule has 28 heavy (non-hydrogen) atoms. The molecule has 0 saturated heterocycles. The smallest absolute Gasteiger partial charge is 0.319 e. The summed E-state index contributed by atoms with van der Waals surface area (Å²) in [5, 5.41) is 20.1. The fourth-order valence-corrected chi connectivity index (χ4v) is 2.44. The highest BCUT2D eigenvalue weighted by atomic mass is 16.2. The van der Waals surface area contributed by atoms with E-state index in [4.69, 9.17) is 0 Å². The summed E-state index contributed by atoms with van der Waals surface area (Å²) in [6.07, 6.45) is 4.38. The minimum absolute atomic E-state index is 0.242. The lowest BCUT2D eigenvalue weighted by atomic mass is 10.1. The van der Waals surface area contributed by atoms with Crippen molar-refractivity contribution in [1.29, 1.82) is 0 Å². The fraction of sp³-hybridized carbons (Fsp3) is 0.200. The molecular formula is C20H23N7O. The van der Waals surface area contributed by atoms with Crippen LogP contribution in [0, 0.1) is 0 Å².